The number of benzene rings is 2. The van der Waals surface area contributed by atoms with Crippen molar-refractivity contribution in [1.29, 1.82) is 0 Å². The van der Waals surface area contributed by atoms with Gasteiger partial charge in [-0.2, -0.15) is 0 Å². The minimum atomic E-state index is -0.160. The van der Waals surface area contributed by atoms with Crippen molar-refractivity contribution in [3.8, 4) is 11.5 Å². The van der Waals surface area contributed by atoms with Gasteiger partial charge < -0.3 is 19.7 Å². The number of rotatable bonds is 8. The summed E-state index contributed by atoms with van der Waals surface area (Å²) >= 11 is 0. The Morgan fingerprint density at radius 3 is 2.35 bits per heavy atom. The van der Waals surface area contributed by atoms with Crippen LogP contribution in [0.3, 0.4) is 0 Å². The molecule has 0 spiro atoms. The quantitative estimate of drug-likeness (QED) is 0.740. The van der Waals surface area contributed by atoms with E-state index in [4.69, 9.17) is 9.47 Å². The molecule has 1 amide bonds. The zero-order valence-corrected chi connectivity index (χ0v) is 15.8. The first-order chi connectivity index (χ1) is 12.5. The van der Waals surface area contributed by atoms with Gasteiger partial charge in [0, 0.05) is 24.7 Å². The zero-order valence-electron chi connectivity index (χ0n) is 15.8. The van der Waals surface area contributed by atoms with Crippen molar-refractivity contribution in [2.24, 2.45) is 0 Å². The number of nitrogens with zero attached hydrogens (tertiary/aromatic N) is 1. The molecule has 0 aliphatic carbocycles. The lowest BCUT2D eigenvalue weighted by Crippen LogP contribution is -2.20. The van der Waals surface area contributed by atoms with E-state index in [1.54, 1.807) is 20.3 Å². The van der Waals surface area contributed by atoms with Crippen molar-refractivity contribution in [2.45, 2.75) is 13.1 Å². The highest BCUT2D eigenvalue weighted by Crippen LogP contribution is 2.31. The van der Waals surface area contributed by atoms with Gasteiger partial charge in [-0.25, -0.2) is 0 Å². The monoisotopic (exact) mass is 354 g/mol. The van der Waals surface area contributed by atoms with E-state index in [-0.39, 0.29) is 5.91 Å². The Morgan fingerprint density at radius 2 is 1.73 bits per heavy atom. The summed E-state index contributed by atoms with van der Waals surface area (Å²) in [5.41, 5.74) is 3.10. The number of methoxy groups -OCH3 is 2. The van der Waals surface area contributed by atoms with Crippen LogP contribution in [0, 0.1) is 0 Å². The maximum absolute atomic E-state index is 12.1. The molecule has 0 aliphatic rings. The van der Waals surface area contributed by atoms with E-state index >= 15 is 0 Å². The number of hydrogen-bond donors (Lipinski definition) is 1. The van der Waals surface area contributed by atoms with Crippen LogP contribution in [0.25, 0.3) is 6.08 Å². The smallest absolute Gasteiger partial charge is 0.244 e. The van der Waals surface area contributed by atoms with Gasteiger partial charge >= 0.3 is 0 Å². The van der Waals surface area contributed by atoms with Gasteiger partial charge in [-0.1, -0.05) is 36.4 Å². The first-order valence-corrected chi connectivity index (χ1v) is 8.43. The van der Waals surface area contributed by atoms with E-state index in [0.717, 1.165) is 17.7 Å². The molecule has 0 heterocycles. The molecule has 2 aromatic rings. The topological polar surface area (TPSA) is 50.8 Å². The van der Waals surface area contributed by atoms with Gasteiger partial charge in [0.05, 0.1) is 14.2 Å². The Balaban J connectivity index is 1.94. The third-order valence-electron chi connectivity index (χ3n) is 3.84. The SMILES string of the molecule is COc1cccc(/C=C/C(=O)NCc2ccc(CN(C)C)cc2)c1OC. The van der Waals surface area contributed by atoms with Crippen molar-refractivity contribution < 1.29 is 14.3 Å². The molecule has 1 N–H and O–H groups in total. The van der Waals surface area contributed by atoms with Crippen LogP contribution in [0.5, 0.6) is 11.5 Å². The second-order valence-corrected chi connectivity index (χ2v) is 6.19. The fourth-order valence-corrected chi connectivity index (χ4v) is 2.58. The molecule has 0 bridgehead atoms. The van der Waals surface area contributed by atoms with Crippen molar-refractivity contribution in [1.82, 2.24) is 10.2 Å². The minimum Gasteiger partial charge on any atom is -0.493 e. The molecule has 0 aliphatic heterocycles. The van der Waals surface area contributed by atoms with E-state index in [0.29, 0.717) is 18.0 Å². The molecule has 26 heavy (non-hydrogen) atoms. The molecule has 5 nitrogen and oxygen atoms in total. The maximum atomic E-state index is 12.1. The van der Waals surface area contributed by atoms with Crippen LogP contribution in [0.15, 0.2) is 48.5 Å². The molecular formula is C21H26N2O3. The Morgan fingerprint density at radius 1 is 1.04 bits per heavy atom. The molecule has 0 saturated heterocycles. The highest BCUT2D eigenvalue weighted by molar-refractivity contribution is 5.92. The van der Waals surface area contributed by atoms with Crippen LogP contribution in [-0.4, -0.2) is 39.1 Å². The third kappa shape index (κ3) is 5.63. The summed E-state index contributed by atoms with van der Waals surface area (Å²) < 4.78 is 10.6. The molecule has 0 atom stereocenters. The molecule has 5 heteroatoms. The highest BCUT2D eigenvalue weighted by atomic mass is 16.5. The van der Waals surface area contributed by atoms with Crippen LogP contribution >= 0.6 is 0 Å². The number of hydrogen-bond acceptors (Lipinski definition) is 4. The zero-order chi connectivity index (χ0) is 18.9. The average molecular weight is 354 g/mol. The number of amides is 1. The summed E-state index contributed by atoms with van der Waals surface area (Å²) in [6, 6.07) is 13.8. The van der Waals surface area contributed by atoms with Crippen LogP contribution in [0.1, 0.15) is 16.7 Å². The Kier molecular flexibility index (Phi) is 7.24. The van der Waals surface area contributed by atoms with Crippen molar-refractivity contribution >= 4 is 12.0 Å². The summed E-state index contributed by atoms with van der Waals surface area (Å²) in [6.07, 6.45) is 3.22. The number of carbonyl (C=O) groups is 1. The van der Waals surface area contributed by atoms with Gasteiger partial charge in [-0.15, -0.1) is 0 Å². The van der Waals surface area contributed by atoms with E-state index in [1.807, 2.05) is 44.4 Å². The Labute approximate surface area is 155 Å². The summed E-state index contributed by atoms with van der Waals surface area (Å²) in [5, 5.41) is 2.89. The Bertz CT molecular complexity index is 752. The second-order valence-electron chi connectivity index (χ2n) is 6.19. The van der Waals surface area contributed by atoms with Gasteiger partial charge in [0.25, 0.3) is 0 Å². The molecule has 0 saturated carbocycles. The van der Waals surface area contributed by atoms with Crippen LogP contribution < -0.4 is 14.8 Å². The first kappa shape index (κ1) is 19.5. The second kappa shape index (κ2) is 9.63. The van der Waals surface area contributed by atoms with Gasteiger partial charge in [-0.05, 0) is 37.4 Å². The molecule has 0 aromatic heterocycles. The number of para-hydroxylation sites is 1. The van der Waals surface area contributed by atoms with Gasteiger partial charge in [-0.3, -0.25) is 4.79 Å². The number of nitrogens with one attached hydrogen (secondary N) is 1. The molecule has 0 fully saturated rings. The molecular weight excluding hydrogens is 328 g/mol. The number of carbonyl (C=O) groups excluding carboxylic acids is 1. The molecule has 2 aromatic carbocycles. The van der Waals surface area contributed by atoms with E-state index < -0.39 is 0 Å². The lowest BCUT2D eigenvalue weighted by atomic mass is 10.1. The minimum absolute atomic E-state index is 0.160. The van der Waals surface area contributed by atoms with E-state index in [1.165, 1.54) is 11.6 Å². The third-order valence-corrected chi connectivity index (χ3v) is 3.84. The molecule has 0 radical (unpaired) electrons. The van der Waals surface area contributed by atoms with Gasteiger partial charge in [0.2, 0.25) is 5.91 Å². The molecule has 2 rings (SSSR count). The summed E-state index contributed by atoms with van der Waals surface area (Å²) in [5.74, 6) is 1.08. The molecule has 0 unspecified atom stereocenters. The van der Waals surface area contributed by atoms with Crippen LogP contribution in [0.4, 0.5) is 0 Å². The maximum Gasteiger partial charge on any atom is 0.244 e. The summed E-state index contributed by atoms with van der Waals surface area (Å²) in [7, 11) is 7.24. The van der Waals surface area contributed by atoms with Crippen molar-refractivity contribution in [3.05, 3.63) is 65.2 Å². The standard InChI is InChI=1S/C21H26N2O3/c1-23(2)15-17-10-8-16(9-11-17)14-22-20(24)13-12-18-6-5-7-19(25-3)21(18)26-4/h5-13H,14-15H2,1-4H3,(H,22,24)/b13-12+. The first-order valence-electron chi connectivity index (χ1n) is 8.43. The largest absolute Gasteiger partial charge is 0.493 e. The fourth-order valence-electron chi connectivity index (χ4n) is 2.58. The Hall–Kier alpha value is -2.79. The fraction of sp³-hybridized carbons (Fsp3) is 0.286. The predicted octanol–water partition coefficient (Wildman–Crippen LogP) is 3.10. The molecule has 138 valence electrons. The summed E-state index contributed by atoms with van der Waals surface area (Å²) in [4.78, 5) is 14.2. The summed E-state index contributed by atoms with van der Waals surface area (Å²) in [6.45, 7) is 1.39. The predicted molar refractivity (Wildman–Crippen MR) is 104 cm³/mol. The van der Waals surface area contributed by atoms with Crippen LogP contribution in [0.2, 0.25) is 0 Å². The van der Waals surface area contributed by atoms with Gasteiger partial charge in [0.15, 0.2) is 11.5 Å². The highest BCUT2D eigenvalue weighted by Gasteiger charge is 2.07. The number of ether oxygens (including phenoxy) is 2. The lowest BCUT2D eigenvalue weighted by molar-refractivity contribution is -0.116. The van der Waals surface area contributed by atoms with Crippen LogP contribution in [-0.2, 0) is 17.9 Å². The van der Waals surface area contributed by atoms with Gasteiger partial charge in [0.1, 0.15) is 0 Å². The average Bonchev–Trinajstić information content (AvgIpc) is 2.64. The van der Waals surface area contributed by atoms with E-state index in [9.17, 15) is 4.79 Å². The normalized spacial score (nSPS) is 11.0. The van der Waals surface area contributed by atoms with Crippen molar-refractivity contribution in [2.75, 3.05) is 28.3 Å². The lowest BCUT2D eigenvalue weighted by Gasteiger charge is -2.10. The van der Waals surface area contributed by atoms with E-state index in [2.05, 4.69) is 22.3 Å². The van der Waals surface area contributed by atoms with Crippen molar-refractivity contribution in [3.63, 3.8) is 0 Å².